The summed E-state index contributed by atoms with van der Waals surface area (Å²) in [5.74, 6) is -0.567. The second kappa shape index (κ2) is 9.47. The topological polar surface area (TPSA) is 75.7 Å². The number of amides is 1. The molecule has 0 bridgehead atoms. The summed E-state index contributed by atoms with van der Waals surface area (Å²) in [5.41, 5.74) is 0.501. The molecule has 11 heteroatoms. The van der Waals surface area contributed by atoms with Gasteiger partial charge in [-0.25, -0.2) is 8.42 Å². The number of nitrogens with zero attached hydrogens (tertiary/aromatic N) is 1. The molecule has 0 heterocycles. The van der Waals surface area contributed by atoms with Gasteiger partial charge in [0.05, 0.1) is 11.4 Å². The van der Waals surface area contributed by atoms with Gasteiger partial charge in [-0.2, -0.15) is 17.5 Å². The predicted molar refractivity (Wildman–Crippen MR) is 101 cm³/mol. The monoisotopic (exact) mass is 450 g/mol. The molecule has 0 radical (unpaired) electrons. The van der Waals surface area contributed by atoms with Gasteiger partial charge in [0.25, 0.3) is 0 Å². The lowest BCUT2D eigenvalue weighted by Gasteiger charge is -2.17. The van der Waals surface area contributed by atoms with Crippen LogP contribution in [0.2, 0.25) is 5.02 Å². The number of hydrogen-bond acceptors (Lipinski definition) is 4. The number of carbonyl (C=O) groups excluding carboxylic acids is 1. The lowest BCUT2D eigenvalue weighted by molar-refractivity contribution is -0.153. The predicted octanol–water partition coefficient (Wildman–Crippen LogP) is 3.22. The van der Waals surface area contributed by atoms with E-state index in [0.717, 1.165) is 4.31 Å². The van der Waals surface area contributed by atoms with E-state index in [4.69, 9.17) is 11.6 Å². The number of alkyl halides is 3. The highest BCUT2D eigenvalue weighted by Gasteiger charge is 2.28. The van der Waals surface area contributed by atoms with E-state index < -0.39 is 35.3 Å². The molecule has 0 unspecified atom stereocenters. The SMILES string of the molecule is CN(CC(=O)NCc1cccc(OCC(F)(F)F)c1)S(=O)(=O)c1ccc(Cl)cc1. The Hall–Kier alpha value is -2.30. The van der Waals surface area contributed by atoms with Gasteiger partial charge in [-0.1, -0.05) is 23.7 Å². The third-order valence-electron chi connectivity index (χ3n) is 3.68. The number of ether oxygens (including phenoxy) is 1. The molecule has 0 fully saturated rings. The van der Waals surface area contributed by atoms with Crippen molar-refractivity contribution in [1.29, 1.82) is 0 Å². The van der Waals surface area contributed by atoms with Crippen molar-refractivity contribution in [2.75, 3.05) is 20.2 Å². The van der Waals surface area contributed by atoms with Crippen molar-refractivity contribution in [3.63, 3.8) is 0 Å². The van der Waals surface area contributed by atoms with Gasteiger partial charge >= 0.3 is 6.18 Å². The molecule has 2 rings (SSSR count). The van der Waals surface area contributed by atoms with Gasteiger partial charge in [0, 0.05) is 18.6 Å². The molecule has 158 valence electrons. The molecule has 0 aromatic heterocycles. The lowest BCUT2D eigenvalue weighted by Crippen LogP contribution is -2.38. The maximum absolute atomic E-state index is 12.4. The molecule has 29 heavy (non-hydrogen) atoms. The number of rotatable bonds is 8. The lowest BCUT2D eigenvalue weighted by atomic mass is 10.2. The molecule has 2 aromatic rings. The van der Waals surface area contributed by atoms with Gasteiger partial charge in [-0.15, -0.1) is 0 Å². The zero-order chi connectivity index (χ0) is 21.7. The molecular weight excluding hydrogens is 433 g/mol. The van der Waals surface area contributed by atoms with Crippen LogP contribution in [-0.2, 0) is 21.4 Å². The minimum atomic E-state index is -4.45. The van der Waals surface area contributed by atoms with Crippen LogP contribution in [0.5, 0.6) is 5.75 Å². The molecule has 1 N–H and O–H groups in total. The first-order valence-corrected chi connectivity index (χ1v) is 10.1. The number of hydrogen-bond donors (Lipinski definition) is 1. The minimum Gasteiger partial charge on any atom is -0.484 e. The smallest absolute Gasteiger partial charge is 0.422 e. The Morgan fingerprint density at radius 2 is 1.83 bits per heavy atom. The summed E-state index contributed by atoms with van der Waals surface area (Å²) in [6.45, 7) is -1.86. The van der Waals surface area contributed by atoms with Crippen molar-refractivity contribution in [3.8, 4) is 5.75 Å². The Kier molecular flexibility index (Phi) is 7.50. The van der Waals surface area contributed by atoms with Gasteiger partial charge in [-0.3, -0.25) is 4.79 Å². The van der Waals surface area contributed by atoms with Crippen LogP contribution >= 0.6 is 11.6 Å². The average molecular weight is 451 g/mol. The Bertz CT molecular complexity index is 950. The van der Waals surface area contributed by atoms with Crippen LogP contribution in [-0.4, -0.2) is 45.0 Å². The molecule has 6 nitrogen and oxygen atoms in total. The second-order valence-electron chi connectivity index (χ2n) is 6.04. The number of sulfonamides is 1. The molecule has 0 saturated heterocycles. The standard InChI is InChI=1S/C18H18ClF3N2O4S/c1-24(29(26,27)16-7-5-14(19)6-8-16)11-17(25)23-10-13-3-2-4-15(9-13)28-12-18(20,21)22/h2-9H,10-12H2,1H3,(H,23,25). The van der Waals surface area contributed by atoms with Crippen molar-refractivity contribution in [2.45, 2.75) is 17.6 Å². The summed E-state index contributed by atoms with van der Waals surface area (Å²) in [7, 11) is -2.62. The number of nitrogens with one attached hydrogen (secondary N) is 1. The summed E-state index contributed by atoms with van der Waals surface area (Å²) in [6, 6.07) is 11.3. The number of halogens is 4. The zero-order valence-electron chi connectivity index (χ0n) is 15.2. The molecule has 2 aromatic carbocycles. The molecule has 0 atom stereocenters. The van der Waals surface area contributed by atoms with Gasteiger partial charge in [0.15, 0.2) is 6.61 Å². The van der Waals surface area contributed by atoms with Crippen LogP contribution in [0.1, 0.15) is 5.56 Å². The maximum Gasteiger partial charge on any atom is 0.422 e. The summed E-state index contributed by atoms with van der Waals surface area (Å²) in [4.78, 5) is 12.1. The second-order valence-corrected chi connectivity index (χ2v) is 8.52. The summed E-state index contributed by atoms with van der Waals surface area (Å²) in [6.07, 6.45) is -4.45. The Labute approximate surface area is 171 Å². The van der Waals surface area contributed by atoms with Crippen molar-refractivity contribution >= 4 is 27.5 Å². The molecule has 0 spiro atoms. The van der Waals surface area contributed by atoms with Crippen LogP contribution in [0.25, 0.3) is 0 Å². The highest BCUT2D eigenvalue weighted by Crippen LogP contribution is 2.20. The molecule has 1 amide bonds. The number of likely N-dealkylation sites (N-methyl/N-ethyl adjacent to an activating group) is 1. The first-order valence-electron chi connectivity index (χ1n) is 8.24. The average Bonchev–Trinajstić information content (AvgIpc) is 2.65. The largest absolute Gasteiger partial charge is 0.484 e. The maximum atomic E-state index is 12.4. The van der Waals surface area contributed by atoms with E-state index in [9.17, 15) is 26.4 Å². The molecule has 0 aliphatic carbocycles. The van der Waals surface area contributed by atoms with Crippen molar-refractivity contribution < 1.29 is 31.1 Å². The van der Waals surface area contributed by atoms with Crippen LogP contribution in [0.4, 0.5) is 13.2 Å². The normalized spacial score (nSPS) is 12.1. The van der Waals surface area contributed by atoms with E-state index in [1.807, 2.05) is 0 Å². The molecular formula is C18H18ClF3N2O4S. The van der Waals surface area contributed by atoms with Gasteiger partial charge in [0.2, 0.25) is 15.9 Å². The van der Waals surface area contributed by atoms with Gasteiger partial charge < -0.3 is 10.1 Å². The molecule has 0 aliphatic heterocycles. The van der Waals surface area contributed by atoms with Crippen LogP contribution in [0.3, 0.4) is 0 Å². The van der Waals surface area contributed by atoms with E-state index in [0.29, 0.717) is 10.6 Å². The third kappa shape index (κ3) is 7.22. The first kappa shape index (κ1) is 23.0. The first-order chi connectivity index (χ1) is 13.5. The van der Waals surface area contributed by atoms with E-state index in [1.54, 1.807) is 6.07 Å². The Balaban J connectivity index is 1.91. The third-order valence-corrected chi connectivity index (χ3v) is 5.75. The van der Waals surface area contributed by atoms with Gasteiger partial charge in [-0.05, 0) is 42.0 Å². The van der Waals surface area contributed by atoms with Crippen molar-refractivity contribution in [2.24, 2.45) is 0 Å². The number of benzene rings is 2. The fourth-order valence-electron chi connectivity index (χ4n) is 2.24. The van der Waals surface area contributed by atoms with Crippen LogP contribution in [0, 0.1) is 0 Å². The zero-order valence-corrected chi connectivity index (χ0v) is 16.8. The van der Waals surface area contributed by atoms with Crippen LogP contribution < -0.4 is 10.1 Å². The quantitative estimate of drug-likeness (QED) is 0.670. The number of carbonyl (C=O) groups is 1. The Morgan fingerprint density at radius 3 is 2.45 bits per heavy atom. The molecule has 0 aliphatic rings. The van der Waals surface area contributed by atoms with Crippen molar-refractivity contribution in [3.05, 3.63) is 59.1 Å². The van der Waals surface area contributed by atoms with E-state index >= 15 is 0 Å². The fraction of sp³-hybridized carbons (Fsp3) is 0.278. The van der Waals surface area contributed by atoms with Crippen LogP contribution in [0.15, 0.2) is 53.4 Å². The fourth-order valence-corrected chi connectivity index (χ4v) is 3.49. The van der Waals surface area contributed by atoms with Crippen molar-refractivity contribution in [1.82, 2.24) is 9.62 Å². The summed E-state index contributed by atoms with van der Waals surface area (Å²) < 4.78 is 67.1. The van der Waals surface area contributed by atoms with E-state index in [2.05, 4.69) is 10.1 Å². The summed E-state index contributed by atoms with van der Waals surface area (Å²) in [5, 5.41) is 2.90. The van der Waals surface area contributed by atoms with Gasteiger partial charge in [0.1, 0.15) is 5.75 Å². The van der Waals surface area contributed by atoms with E-state index in [-0.39, 0.29) is 17.2 Å². The highest BCUT2D eigenvalue weighted by molar-refractivity contribution is 7.89. The minimum absolute atomic E-state index is 0.00309. The molecule has 0 saturated carbocycles. The van der Waals surface area contributed by atoms with E-state index in [1.165, 1.54) is 49.5 Å². The summed E-state index contributed by atoms with van der Waals surface area (Å²) >= 11 is 5.74. The Morgan fingerprint density at radius 1 is 1.17 bits per heavy atom. The highest BCUT2D eigenvalue weighted by atomic mass is 35.5.